The molecule has 2 N–H and O–H groups in total. The van der Waals surface area contributed by atoms with Crippen LogP contribution >= 0.6 is 0 Å². The van der Waals surface area contributed by atoms with Gasteiger partial charge in [-0.2, -0.15) is 0 Å². The first-order chi connectivity index (χ1) is 5.61. The fourth-order valence-electron chi connectivity index (χ4n) is 1.82. The first kappa shape index (κ1) is 9.79. The first-order valence-electron chi connectivity index (χ1n) is 5.02. The smallest absolute Gasteiger partial charge is 0.0254 e. The molecule has 0 heterocycles. The van der Waals surface area contributed by atoms with E-state index in [1.807, 2.05) is 0 Å². The topological polar surface area (TPSA) is 26.0 Å². The molecule has 0 spiro atoms. The van der Waals surface area contributed by atoms with Crippen molar-refractivity contribution in [2.75, 3.05) is 0 Å². The maximum atomic E-state index is 6.05. The third-order valence-electron chi connectivity index (χ3n) is 3.03. The largest absolute Gasteiger partial charge is 0.324 e. The molecule has 0 aromatic heterocycles. The molecule has 0 amide bonds. The lowest BCUT2D eigenvalue weighted by Gasteiger charge is -2.34. The summed E-state index contributed by atoms with van der Waals surface area (Å²) < 4.78 is 0. The highest BCUT2D eigenvalue weighted by Crippen LogP contribution is 2.34. The summed E-state index contributed by atoms with van der Waals surface area (Å²) in [6.45, 7) is 6.52. The van der Waals surface area contributed by atoms with Gasteiger partial charge in [0.15, 0.2) is 0 Å². The van der Waals surface area contributed by atoms with Crippen molar-refractivity contribution in [3.8, 4) is 0 Å². The summed E-state index contributed by atoms with van der Waals surface area (Å²) in [6.07, 6.45) is 6.40. The van der Waals surface area contributed by atoms with Crippen LogP contribution in [-0.4, -0.2) is 6.04 Å². The van der Waals surface area contributed by atoms with Crippen molar-refractivity contribution in [3.63, 3.8) is 0 Å². The van der Waals surface area contributed by atoms with E-state index >= 15 is 0 Å². The van der Waals surface area contributed by atoms with Gasteiger partial charge in [0.25, 0.3) is 0 Å². The zero-order valence-corrected chi connectivity index (χ0v) is 8.51. The van der Waals surface area contributed by atoms with Crippen molar-refractivity contribution in [3.05, 3.63) is 11.6 Å². The Bertz CT molecular complexity index is 164. The molecule has 70 valence electrons. The van der Waals surface area contributed by atoms with E-state index in [9.17, 15) is 0 Å². The SMILES string of the molecule is CC(C)=CC(N)C(C)C1CCC1. The van der Waals surface area contributed by atoms with Crippen LogP contribution < -0.4 is 5.73 Å². The summed E-state index contributed by atoms with van der Waals surface area (Å²) in [4.78, 5) is 0. The molecular formula is C11H21N. The quantitative estimate of drug-likeness (QED) is 0.643. The summed E-state index contributed by atoms with van der Waals surface area (Å²) in [5.41, 5.74) is 7.39. The summed E-state index contributed by atoms with van der Waals surface area (Å²) in [5, 5.41) is 0. The van der Waals surface area contributed by atoms with E-state index in [1.54, 1.807) is 0 Å². The van der Waals surface area contributed by atoms with Gasteiger partial charge in [-0.15, -0.1) is 0 Å². The first-order valence-corrected chi connectivity index (χ1v) is 5.02. The van der Waals surface area contributed by atoms with Gasteiger partial charge in [-0.25, -0.2) is 0 Å². The molecular weight excluding hydrogens is 146 g/mol. The molecule has 0 saturated heterocycles. The van der Waals surface area contributed by atoms with Crippen molar-refractivity contribution >= 4 is 0 Å². The van der Waals surface area contributed by atoms with E-state index in [2.05, 4.69) is 26.8 Å². The van der Waals surface area contributed by atoms with Gasteiger partial charge in [0.05, 0.1) is 0 Å². The van der Waals surface area contributed by atoms with Crippen LogP contribution in [0.4, 0.5) is 0 Å². The van der Waals surface area contributed by atoms with Crippen LogP contribution in [0.15, 0.2) is 11.6 Å². The molecule has 1 rings (SSSR count). The molecule has 2 unspecified atom stereocenters. The number of rotatable bonds is 3. The molecule has 0 bridgehead atoms. The molecule has 12 heavy (non-hydrogen) atoms. The van der Waals surface area contributed by atoms with Crippen LogP contribution in [0.1, 0.15) is 40.0 Å². The van der Waals surface area contributed by atoms with Gasteiger partial charge in [0.1, 0.15) is 0 Å². The number of hydrogen-bond donors (Lipinski definition) is 1. The number of hydrogen-bond acceptors (Lipinski definition) is 1. The van der Waals surface area contributed by atoms with Gasteiger partial charge in [0.2, 0.25) is 0 Å². The van der Waals surface area contributed by atoms with Gasteiger partial charge in [-0.1, -0.05) is 37.8 Å². The summed E-state index contributed by atoms with van der Waals surface area (Å²) in [6, 6.07) is 0.278. The average molecular weight is 167 g/mol. The minimum atomic E-state index is 0.278. The van der Waals surface area contributed by atoms with Crippen molar-refractivity contribution in [1.29, 1.82) is 0 Å². The Kier molecular flexibility index (Phi) is 3.33. The normalized spacial score (nSPS) is 22.7. The van der Waals surface area contributed by atoms with E-state index in [0.29, 0.717) is 5.92 Å². The Morgan fingerprint density at radius 2 is 2.00 bits per heavy atom. The van der Waals surface area contributed by atoms with Gasteiger partial charge in [-0.3, -0.25) is 0 Å². The second kappa shape index (κ2) is 4.08. The predicted octanol–water partition coefficient (Wildman–Crippen LogP) is 2.72. The minimum absolute atomic E-state index is 0.278. The summed E-state index contributed by atoms with van der Waals surface area (Å²) in [5.74, 6) is 1.57. The molecule has 1 saturated carbocycles. The fraction of sp³-hybridized carbons (Fsp3) is 0.818. The van der Waals surface area contributed by atoms with Crippen LogP contribution in [-0.2, 0) is 0 Å². The van der Waals surface area contributed by atoms with E-state index in [4.69, 9.17) is 5.73 Å². The monoisotopic (exact) mass is 167 g/mol. The molecule has 1 fully saturated rings. The Hall–Kier alpha value is -0.300. The highest BCUT2D eigenvalue weighted by Gasteiger charge is 2.26. The van der Waals surface area contributed by atoms with Crippen molar-refractivity contribution in [1.82, 2.24) is 0 Å². The third-order valence-corrected chi connectivity index (χ3v) is 3.03. The predicted molar refractivity (Wildman–Crippen MR) is 53.9 cm³/mol. The van der Waals surface area contributed by atoms with Crippen LogP contribution in [0.25, 0.3) is 0 Å². The zero-order chi connectivity index (χ0) is 9.14. The van der Waals surface area contributed by atoms with E-state index < -0.39 is 0 Å². The van der Waals surface area contributed by atoms with Gasteiger partial charge < -0.3 is 5.73 Å². The minimum Gasteiger partial charge on any atom is -0.324 e. The lowest BCUT2D eigenvalue weighted by atomic mass is 9.74. The van der Waals surface area contributed by atoms with Gasteiger partial charge in [-0.05, 0) is 25.7 Å². The van der Waals surface area contributed by atoms with Crippen molar-refractivity contribution in [2.24, 2.45) is 17.6 Å². The van der Waals surface area contributed by atoms with E-state index in [-0.39, 0.29) is 6.04 Å². The highest BCUT2D eigenvalue weighted by molar-refractivity contribution is 5.02. The molecule has 1 nitrogen and oxygen atoms in total. The van der Waals surface area contributed by atoms with Crippen molar-refractivity contribution in [2.45, 2.75) is 46.1 Å². The summed E-state index contributed by atoms with van der Waals surface area (Å²) >= 11 is 0. The zero-order valence-electron chi connectivity index (χ0n) is 8.51. The van der Waals surface area contributed by atoms with Crippen LogP contribution in [0.5, 0.6) is 0 Å². The van der Waals surface area contributed by atoms with Crippen LogP contribution in [0, 0.1) is 11.8 Å². The molecule has 0 radical (unpaired) electrons. The number of allylic oxidation sites excluding steroid dienone is 1. The summed E-state index contributed by atoms with van der Waals surface area (Å²) in [7, 11) is 0. The molecule has 1 heteroatoms. The van der Waals surface area contributed by atoms with Crippen molar-refractivity contribution < 1.29 is 0 Å². The second-order valence-corrected chi connectivity index (χ2v) is 4.37. The lowest BCUT2D eigenvalue weighted by Crippen LogP contribution is -2.34. The van der Waals surface area contributed by atoms with Gasteiger partial charge >= 0.3 is 0 Å². The molecule has 1 aliphatic rings. The molecule has 0 aliphatic heterocycles. The molecule has 0 aromatic rings. The van der Waals surface area contributed by atoms with E-state index in [0.717, 1.165) is 5.92 Å². The molecule has 1 aliphatic carbocycles. The Labute approximate surface area is 76.0 Å². The standard InChI is InChI=1S/C11H21N/c1-8(2)7-11(12)9(3)10-5-4-6-10/h7,9-11H,4-6,12H2,1-3H3. The maximum absolute atomic E-state index is 6.05. The van der Waals surface area contributed by atoms with Crippen LogP contribution in [0.2, 0.25) is 0 Å². The Balaban J connectivity index is 2.39. The second-order valence-electron chi connectivity index (χ2n) is 4.37. The Morgan fingerprint density at radius 3 is 2.33 bits per heavy atom. The average Bonchev–Trinajstić information content (AvgIpc) is 1.81. The molecule has 2 atom stereocenters. The van der Waals surface area contributed by atoms with Gasteiger partial charge in [0, 0.05) is 6.04 Å². The highest BCUT2D eigenvalue weighted by atomic mass is 14.6. The maximum Gasteiger partial charge on any atom is 0.0254 e. The van der Waals surface area contributed by atoms with Crippen LogP contribution in [0.3, 0.4) is 0 Å². The number of nitrogens with two attached hydrogens (primary N) is 1. The fourth-order valence-corrected chi connectivity index (χ4v) is 1.82. The Morgan fingerprint density at radius 1 is 1.42 bits per heavy atom. The van der Waals surface area contributed by atoms with E-state index in [1.165, 1.54) is 24.8 Å². The lowest BCUT2D eigenvalue weighted by molar-refractivity contribution is 0.207. The molecule has 0 aromatic carbocycles. The third kappa shape index (κ3) is 2.34.